The molecule has 0 atom stereocenters. The van der Waals surface area contributed by atoms with Gasteiger partial charge in [0.25, 0.3) is 0 Å². The van der Waals surface area contributed by atoms with Crippen LogP contribution in [0.25, 0.3) is 53.6 Å². The van der Waals surface area contributed by atoms with Crippen LogP contribution in [-0.2, 0) is 5.41 Å². The molecule has 264 valence electrons. The Morgan fingerprint density at radius 1 is 0.482 bits per heavy atom. The van der Waals surface area contributed by atoms with E-state index in [1.165, 1.54) is 31.7 Å². The number of hydrogen-bond acceptors (Lipinski definition) is 4. The molecule has 5 heteroatoms. The first-order chi connectivity index (χ1) is 27.6. The van der Waals surface area contributed by atoms with Gasteiger partial charge in [-0.2, -0.15) is 0 Å². The standard InChI is InChI=1S/C51H30ClNO2S/c52-32-22-24-35-36-25-23-34(28-43(36)51(42(35)27-32)40-16-6-9-19-46(40)55-47-20-10-7-17-41(47)51)53(33-13-2-1-3-14-33)44-30-48-38(37-15-5-8-18-45(37)54-48)29-39(44)50-26-31-12-4-11-21-49(31)56-50/h1-30H. The molecule has 56 heavy (non-hydrogen) atoms. The Bertz CT molecular complexity index is 3140. The molecule has 1 aliphatic carbocycles. The van der Waals surface area contributed by atoms with Crippen molar-refractivity contribution in [2.75, 3.05) is 4.90 Å². The lowest BCUT2D eigenvalue weighted by molar-refractivity contribution is 0.436. The minimum atomic E-state index is -0.670. The monoisotopic (exact) mass is 755 g/mol. The maximum atomic E-state index is 6.90. The molecule has 0 saturated heterocycles. The van der Waals surface area contributed by atoms with Gasteiger partial charge in [-0.25, -0.2) is 0 Å². The van der Waals surface area contributed by atoms with Gasteiger partial charge in [0.05, 0.1) is 11.1 Å². The highest BCUT2D eigenvalue weighted by Gasteiger charge is 2.51. The Morgan fingerprint density at radius 3 is 1.96 bits per heavy atom. The van der Waals surface area contributed by atoms with Crippen molar-refractivity contribution in [3.8, 4) is 33.1 Å². The first-order valence-corrected chi connectivity index (χ1v) is 20.0. The summed E-state index contributed by atoms with van der Waals surface area (Å²) in [7, 11) is 0. The Balaban J connectivity index is 1.18. The third-order valence-corrected chi connectivity index (χ3v) is 13.0. The topological polar surface area (TPSA) is 25.6 Å². The lowest BCUT2D eigenvalue weighted by Gasteiger charge is -2.39. The molecule has 0 bridgehead atoms. The zero-order valence-electron chi connectivity index (χ0n) is 29.9. The highest BCUT2D eigenvalue weighted by molar-refractivity contribution is 7.22. The van der Waals surface area contributed by atoms with Crippen LogP contribution in [0, 0.1) is 0 Å². The lowest BCUT2D eigenvalue weighted by Crippen LogP contribution is -2.32. The van der Waals surface area contributed by atoms with Crippen molar-refractivity contribution in [3.63, 3.8) is 0 Å². The van der Waals surface area contributed by atoms with Crippen molar-refractivity contribution in [3.05, 3.63) is 209 Å². The first kappa shape index (κ1) is 31.7. The molecular weight excluding hydrogens is 726 g/mol. The molecule has 1 aliphatic heterocycles. The summed E-state index contributed by atoms with van der Waals surface area (Å²) in [6.45, 7) is 0. The highest BCUT2D eigenvalue weighted by atomic mass is 35.5. The summed E-state index contributed by atoms with van der Waals surface area (Å²) in [5, 5.41) is 4.14. The van der Waals surface area contributed by atoms with E-state index in [-0.39, 0.29) is 0 Å². The Kier molecular flexibility index (Phi) is 6.77. The van der Waals surface area contributed by atoms with Crippen LogP contribution >= 0.6 is 22.9 Å². The molecule has 3 nitrogen and oxygen atoms in total. The summed E-state index contributed by atoms with van der Waals surface area (Å²) < 4.78 is 14.5. The van der Waals surface area contributed by atoms with Crippen LogP contribution in [0.15, 0.2) is 186 Å². The van der Waals surface area contributed by atoms with E-state index in [2.05, 4.69) is 163 Å². The van der Waals surface area contributed by atoms with Gasteiger partial charge in [-0.1, -0.05) is 115 Å². The van der Waals surface area contributed by atoms with Crippen molar-refractivity contribution in [2.24, 2.45) is 0 Å². The minimum Gasteiger partial charge on any atom is -0.457 e. The van der Waals surface area contributed by atoms with Gasteiger partial charge in [0.2, 0.25) is 0 Å². The fraction of sp³-hybridized carbons (Fsp3) is 0.0196. The molecule has 0 fully saturated rings. The number of fused-ring (bicyclic) bond motifs is 13. The molecule has 0 amide bonds. The van der Waals surface area contributed by atoms with Gasteiger partial charge in [0.1, 0.15) is 22.7 Å². The SMILES string of the molecule is Clc1ccc2c(c1)C1(c3ccccc3Oc3ccccc31)c1cc(N(c3ccccc3)c3cc4oc5ccccc5c4cc3-c3cc4ccccc4s3)ccc1-2. The Morgan fingerprint density at radius 2 is 1.16 bits per heavy atom. The fourth-order valence-corrected chi connectivity index (χ4v) is 10.5. The number of benzene rings is 8. The molecule has 8 aromatic carbocycles. The second-order valence-corrected chi connectivity index (χ2v) is 16.1. The molecule has 0 radical (unpaired) electrons. The number of furan rings is 1. The van der Waals surface area contributed by atoms with E-state index in [9.17, 15) is 0 Å². The molecular formula is C51H30ClNO2S. The van der Waals surface area contributed by atoms with Gasteiger partial charge >= 0.3 is 0 Å². The largest absolute Gasteiger partial charge is 0.457 e. The van der Waals surface area contributed by atoms with Crippen molar-refractivity contribution in [1.82, 2.24) is 0 Å². The quantitative estimate of drug-likeness (QED) is 0.179. The molecule has 0 N–H and O–H groups in total. The van der Waals surface area contributed by atoms with E-state index in [0.717, 1.165) is 72.8 Å². The van der Waals surface area contributed by atoms with Gasteiger partial charge < -0.3 is 14.1 Å². The third-order valence-electron chi connectivity index (χ3n) is 11.6. The molecule has 3 heterocycles. The van der Waals surface area contributed by atoms with Gasteiger partial charge in [-0.15, -0.1) is 11.3 Å². The third kappa shape index (κ3) is 4.45. The first-order valence-electron chi connectivity index (χ1n) is 18.8. The van der Waals surface area contributed by atoms with Gasteiger partial charge in [-0.05, 0) is 100 Å². The summed E-state index contributed by atoms with van der Waals surface area (Å²) >= 11 is 8.72. The second kappa shape index (κ2) is 12.0. The van der Waals surface area contributed by atoms with Crippen LogP contribution < -0.4 is 9.64 Å². The van der Waals surface area contributed by atoms with Crippen LogP contribution in [0.5, 0.6) is 11.5 Å². The summed E-state index contributed by atoms with van der Waals surface area (Å²) in [5.74, 6) is 1.69. The van der Waals surface area contributed by atoms with Crippen LogP contribution in [0.4, 0.5) is 17.1 Å². The predicted octanol–water partition coefficient (Wildman–Crippen LogP) is 15.1. The number of anilines is 3. The smallest absolute Gasteiger partial charge is 0.137 e. The number of hydrogen-bond donors (Lipinski definition) is 0. The van der Waals surface area contributed by atoms with Crippen LogP contribution in [0.2, 0.25) is 5.02 Å². The van der Waals surface area contributed by atoms with Crippen molar-refractivity contribution in [2.45, 2.75) is 5.41 Å². The van der Waals surface area contributed by atoms with E-state index in [1.807, 2.05) is 35.6 Å². The summed E-state index contributed by atoms with van der Waals surface area (Å²) in [6.07, 6.45) is 0. The number of ether oxygens (including phenoxy) is 1. The van der Waals surface area contributed by atoms with E-state index in [0.29, 0.717) is 5.02 Å². The summed E-state index contributed by atoms with van der Waals surface area (Å²) in [4.78, 5) is 3.59. The van der Waals surface area contributed by atoms with Crippen molar-refractivity contribution < 1.29 is 9.15 Å². The molecule has 0 saturated carbocycles. The highest BCUT2D eigenvalue weighted by Crippen LogP contribution is 2.63. The molecule has 2 aliphatic rings. The number of halogens is 1. The van der Waals surface area contributed by atoms with Crippen LogP contribution in [0.3, 0.4) is 0 Å². The second-order valence-electron chi connectivity index (χ2n) is 14.5. The average Bonchev–Trinajstić information content (AvgIpc) is 3.92. The molecule has 0 unspecified atom stereocenters. The maximum Gasteiger partial charge on any atom is 0.137 e. The van der Waals surface area contributed by atoms with Crippen LogP contribution in [-0.4, -0.2) is 0 Å². The van der Waals surface area contributed by atoms with Gasteiger partial charge in [0, 0.05) is 59.5 Å². The molecule has 10 aromatic rings. The molecule has 1 spiro atoms. The lowest BCUT2D eigenvalue weighted by atomic mass is 9.66. The molecule has 12 rings (SSSR count). The van der Waals surface area contributed by atoms with E-state index < -0.39 is 5.41 Å². The van der Waals surface area contributed by atoms with Crippen LogP contribution in [0.1, 0.15) is 22.3 Å². The number of para-hydroxylation sites is 4. The fourth-order valence-electron chi connectivity index (χ4n) is 9.26. The number of thiophene rings is 1. The normalized spacial score (nSPS) is 13.4. The predicted molar refractivity (Wildman–Crippen MR) is 232 cm³/mol. The summed E-state index contributed by atoms with van der Waals surface area (Å²) in [5.41, 5.74) is 12.2. The van der Waals surface area contributed by atoms with E-state index >= 15 is 0 Å². The van der Waals surface area contributed by atoms with Gasteiger partial charge in [-0.3, -0.25) is 0 Å². The number of rotatable bonds is 4. The summed E-state index contributed by atoms with van der Waals surface area (Å²) in [6, 6.07) is 64.7. The average molecular weight is 756 g/mol. The van der Waals surface area contributed by atoms with E-state index in [1.54, 1.807) is 0 Å². The van der Waals surface area contributed by atoms with E-state index in [4.69, 9.17) is 20.8 Å². The maximum absolute atomic E-state index is 6.90. The Labute approximate surface area is 332 Å². The van der Waals surface area contributed by atoms with Crippen molar-refractivity contribution in [1.29, 1.82) is 0 Å². The zero-order chi connectivity index (χ0) is 37.0. The zero-order valence-corrected chi connectivity index (χ0v) is 31.4. The Hall–Kier alpha value is -6.59. The van der Waals surface area contributed by atoms with Crippen molar-refractivity contribution >= 4 is 72.0 Å². The molecule has 2 aromatic heterocycles. The minimum absolute atomic E-state index is 0.670. The number of nitrogens with zero attached hydrogens (tertiary/aromatic N) is 1. The van der Waals surface area contributed by atoms with Gasteiger partial charge in [0.15, 0.2) is 0 Å².